The van der Waals surface area contributed by atoms with Gasteiger partial charge in [-0.2, -0.15) is 0 Å². The van der Waals surface area contributed by atoms with Gasteiger partial charge in [-0.1, -0.05) is 28.1 Å². The number of carbonyl (C=O) groups excluding carboxylic acids is 1. The van der Waals surface area contributed by atoms with Crippen molar-refractivity contribution in [2.75, 3.05) is 6.61 Å². The lowest BCUT2D eigenvalue weighted by molar-refractivity contribution is 0.0518. The average molecular weight is 347 g/mol. The first-order valence-corrected chi connectivity index (χ1v) is 7.81. The van der Waals surface area contributed by atoms with Gasteiger partial charge in [0.2, 0.25) is 0 Å². The van der Waals surface area contributed by atoms with Crippen molar-refractivity contribution < 1.29 is 9.53 Å². The summed E-state index contributed by atoms with van der Waals surface area (Å²) in [6, 6.07) is 7.77. The van der Waals surface area contributed by atoms with Gasteiger partial charge < -0.3 is 4.74 Å². The molecule has 1 heterocycles. The molecule has 0 aliphatic heterocycles. The zero-order chi connectivity index (χ0) is 14.8. The summed E-state index contributed by atoms with van der Waals surface area (Å²) in [6.45, 7) is 2.15. The molecule has 0 saturated carbocycles. The maximum Gasteiger partial charge on any atom is 0.357 e. The normalized spacial score (nSPS) is 13.0. The third-order valence-electron chi connectivity index (χ3n) is 3.48. The van der Waals surface area contributed by atoms with Gasteiger partial charge in [0, 0.05) is 21.3 Å². The number of hydrogen-bond donors (Lipinski definition) is 0. The Balaban J connectivity index is 2.11. The predicted octanol–water partition coefficient (Wildman–Crippen LogP) is 3.57. The van der Waals surface area contributed by atoms with Gasteiger partial charge in [-0.05, 0) is 38.3 Å². The minimum atomic E-state index is -0.353. The van der Waals surface area contributed by atoms with Crippen LogP contribution in [0.15, 0.2) is 28.7 Å². The number of carbonyl (C=O) groups is 1. The summed E-state index contributed by atoms with van der Waals surface area (Å²) in [6.07, 6.45) is 2.76. The maximum atomic E-state index is 12.1. The first-order chi connectivity index (χ1) is 10.2. The van der Waals surface area contributed by atoms with Crippen LogP contribution in [-0.2, 0) is 17.6 Å². The molecule has 0 radical (unpaired) electrons. The molecule has 21 heavy (non-hydrogen) atoms. The van der Waals surface area contributed by atoms with E-state index in [0.717, 1.165) is 40.6 Å². The van der Waals surface area contributed by atoms with E-state index < -0.39 is 0 Å². The Kier molecular flexibility index (Phi) is 4.01. The van der Waals surface area contributed by atoms with Gasteiger partial charge in [0.1, 0.15) is 0 Å². The Morgan fingerprint density at radius 2 is 2.19 bits per heavy atom. The lowest BCUT2D eigenvalue weighted by atomic mass is 10.1. The molecule has 0 spiro atoms. The van der Waals surface area contributed by atoms with Crippen molar-refractivity contribution in [2.45, 2.75) is 26.2 Å². The van der Waals surface area contributed by atoms with Crippen LogP contribution >= 0.6 is 15.9 Å². The predicted molar refractivity (Wildman–Crippen MR) is 83.1 cm³/mol. The van der Waals surface area contributed by atoms with Crippen LogP contribution in [0.2, 0.25) is 0 Å². The molecule has 2 aromatic rings. The van der Waals surface area contributed by atoms with E-state index in [1.54, 1.807) is 6.92 Å². The Bertz CT molecular complexity index is 701. The summed E-state index contributed by atoms with van der Waals surface area (Å²) in [4.78, 5) is 21.2. The molecule has 0 amide bonds. The van der Waals surface area contributed by atoms with Crippen LogP contribution in [0.4, 0.5) is 0 Å². The van der Waals surface area contributed by atoms with Crippen LogP contribution in [0.3, 0.4) is 0 Å². The summed E-state index contributed by atoms with van der Waals surface area (Å²) >= 11 is 3.45. The first kappa shape index (κ1) is 14.2. The quantitative estimate of drug-likeness (QED) is 0.797. The highest BCUT2D eigenvalue weighted by Crippen LogP contribution is 2.27. The molecule has 1 aliphatic carbocycles. The molecule has 0 N–H and O–H groups in total. The van der Waals surface area contributed by atoms with Crippen molar-refractivity contribution in [3.63, 3.8) is 0 Å². The Morgan fingerprint density at radius 3 is 2.95 bits per heavy atom. The lowest BCUT2D eigenvalue weighted by Gasteiger charge is -2.09. The third-order valence-corrected chi connectivity index (χ3v) is 3.98. The highest BCUT2D eigenvalue weighted by molar-refractivity contribution is 9.10. The van der Waals surface area contributed by atoms with E-state index in [1.807, 2.05) is 24.3 Å². The molecule has 108 valence electrons. The molecule has 1 aromatic heterocycles. The Hall–Kier alpha value is -1.75. The summed E-state index contributed by atoms with van der Waals surface area (Å²) in [5, 5.41) is 0. The second-order valence-corrected chi connectivity index (χ2v) is 5.82. The zero-order valence-corrected chi connectivity index (χ0v) is 13.3. The SMILES string of the molecule is CCOC(=O)c1nc(-c2cccc(Br)c2)nc2c1CCC2. The molecule has 1 aromatic carbocycles. The largest absolute Gasteiger partial charge is 0.461 e. The van der Waals surface area contributed by atoms with Crippen LogP contribution in [0.5, 0.6) is 0 Å². The molecule has 0 atom stereocenters. The van der Waals surface area contributed by atoms with Gasteiger partial charge in [-0.15, -0.1) is 0 Å². The number of nitrogens with zero attached hydrogens (tertiary/aromatic N) is 2. The van der Waals surface area contributed by atoms with Crippen molar-refractivity contribution >= 4 is 21.9 Å². The number of rotatable bonds is 3. The summed E-state index contributed by atoms with van der Waals surface area (Å²) in [5.74, 6) is 0.231. The lowest BCUT2D eigenvalue weighted by Crippen LogP contribution is -2.13. The van der Waals surface area contributed by atoms with Crippen LogP contribution in [0, 0.1) is 0 Å². The maximum absolute atomic E-state index is 12.1. The van der Waals surface area contributed by atoms with Crippen molar-refractivity contribution in [3.05, 3.63) is 45.7 Å². The molecular weight excluding hydrogens is 332 g/mol. The summed E-state index contributed by atoms with van der Waals surface area (Å²) in [7, 11) is 0. The molecule has 3 rings (SSSR count). The van der Waals surface area contributed by atoms with Crippen LogP contribution in [0.25, 0.3) is 11.4 Å². The second-order valence-electron chi connectivity index (χ2n) is 4.91. The highest BCUT2D eigenvalue weighted by Gasteiger charge is 2.24. The smallest absolute Gasteiger partial charge is 0.357 e. The molecule has 0 bridgehead atoms. The van der Waals surface area contributed by atoms with Gasteiger partial charge in [0.05, 0.1) is 6.61 Å². The van der Waals surface area contributed by atoms with Crippen LogP contribution in [-0.4, -0.2) is 22.5 Å². The number of aryl methyl sites for hydroxylation is 1. The van der Waals surface area contributed by atoms with Crippen LogP contribution < -0.4 is 0 Å². The average Bonchev–Trinajstić information content (AvgIpc) is 2.94. The van der Waals surface area contributed by atoms with E-state index in [9.17, 15) is 4.79 Å². The number of aromatic nitrogens is 2. The fraction of sp³-hybridized carbons (Fsp3) is 0.312. The fourth-order valence-corrected chi connectivity index (χ4v) is 2.96. The number of ether oxygens (including phenoxy) is 1. The monoisotopic (exact) mass is 346 g/mol. The summed E-state index contributed by atoms with van der Waals surface area (Å²) in [5.41, 5.74) is 3.24. The minimum absolute atomic E-state index is 0.351. The van der Waals surface area contributed by atoms with Gasteiger partial charge in [0.15, 0.2) is 11.5 Å². The van der Waals surface area contributed by atoms with E-state index in [4.69, 9.17) is 4.74 Å². The van der Waals surface area contributed by atoms with Crippen molar-refractivity contribution in [2.24, 2.45) is 0 Å². The minimum Gasteiger partial charge on any atom is -0.461 e. The highest BCUT2D eigenvalue weighted by atomic mass is 79.9. The van der Waals surface area contributed by atoms with Gasteiger partial charge >= 0.3 is 5.97 Å². The first-order valence-electron chi connectivity index (χ1n) is 7.02. The number of fused-ring (bicyclic) bond motifs is 1. The Morgan fingerprint density at radius 1 is 1.33 bits per heavy atom. The van der Waals surface area contributed by atoms with Gasteiger partial charge in [-0.3, -0.25) is 0 Å². The number of halogens is 1. The van der Waals surface area contributed by atoms with Crippen molar-refractivity contribution in [1.82, 2.24) is 9.97 Å². The van der Waals surface area contributed by atoms with E-state index in [-0.39, 0.29) is 5.97 Å². The zero-order valence-electron chi connectivity index (χ0n) is 11.7. The van der Waals surface area contributed by atoms with Gasteiger partial charge in [0.25, 0.3) is 0 Å². The molecule has 5 heteroatoms. The second kappa shape index (κ2) is 5.93. The van der Waals surface area contributed by atoms with E-state index in [2.05, 4.69) is 25.9 Å². The standard InChI is InChI=1S/C16H15BrN2O2/c1-2-21-16(20)14-12-7-4-8-13(12)18-15(19-14)10-5-3-6-11(17)9-10/h3,5-6,9H,2,4,7-8H2,1H3. The third kappa shape index (κ3) is 2.83. The topological polar surface area (TPSA) is 52.1 Å². The summed E-state index contributed by atoms with van der Waals surface area (Å²) < 4.78 is 6.09. The Labute approximate surface area is 131 Å². The molecule has 0 saturated heterocycles. The molecule has 0 fully saturated rings. The number of esters is 1. The van der Waals surface area contributed by atoms with Crippen molar-refractivity contribution in [1.29, 1.82) is 0 Å². The number of hydrogen-bond acceptors (Lipinski definition) is 4. The fourth-order valence-electron chi connectivity index (χ4n) is 2.56. The van der Waals surface area contributed by atoms with Crippen molar-refractivity contribution in [3.8, 4) is 11.4 Å². The molecular formula is C16H15BrN2O2. The number of benzene rings is 1. The van der Waals surface area contributed by atoms with Crippen LogP contribution in [0.1, 0.15) is 35.1 Å². The molecule has 4 nitrogen and oxygen atoms in total. The van der Waals surface area contributed by atoms with E-state index >= 15 is 0 Å². The molecule has 1 aliphatic rings. The van der Waals surface area contributed by atoms with E-state index in [1.165, 1.54) is 0 Å². The van der Waals surface area contributed by atoms with Gasteiger partial charge in [-0.25, -0.2) is 14.8 Å². The molecule has 0 unspecified atom stereocenters. The van der Waals surface area contributed by atoms with E-state index in [0.29, 0.717) is 18.1 Å².